The van der Waals surface area contributed by atoms with Gasteiger partial charge in [-0.15, -0.1) is 0 Å². The van der Waals surface area contributed by atoms with Crippen molar-refractivity contribution in [3.05, 3.63) is 23.5 Å². The number of piperidine rings is 1. The molecule has 1 aliphatic rings. The van der Waals surface area contributed by atoms with Gasteiger partial charge < -0.3 is 9.64 Å². The molecular weight excluding hydrogens is 240 g/mol. The molecule has 0 spiro atoms. The largest absolute Gasteiger partial charge is 0.491 e. The van der Waals surface area contributed by atoms with Crippen LogP contribution in [0.5, 0.6) is 5.75 Å². The van der Waals surface area contributed by atoms with Crippen molar-refractivity contribution in [3.63, 3.8) is 0 Å². The lowest BCUT2D eigenvalue weighted by atomic mass is 10.0. The lowest BCUT2D eigenvalue weighted by Gasteiger charge is -2.32. The second-order valence-corrected chi connectivity index (χ2v) is 5.22. The summed E-state index contributed by atoms with van der Waals surface area (Å²) in [5.74, 6) is 0.596. The van der Waals surface area contributed by atoms with Crippen LogP contribution in [-0.4, -0.2) is 42.4 Å². The van der Waals surface area contributed by atoms with E-state index in [1.807, 2.05) is 19.1 Å². The summed E-state index contributed by atoms with van der Waals surface area (Å²) in [7, 11) is 2.17. The Hall–Kier alpha value is -1.42. The molecule has 0 amide bonds. The average molecular weight is 262 g/mol. The zero-order valence-electron chi connectivity index (χ0n) is 11.8. The number of likely N-dealkylation sites (tertiary alicyclic amines) is 1. The molecule has 0 aromatic carbocycles. The Kier molecular flexibility index (Phi) is 4.91. The van der Waals surface area contributed by atoms with E-state index in [4.69, 9.17) is 4.74 Å². The summed E-state index contributed by atoms with van der Waals surface area (Å²) in [4.78, 5) is 17.5. The maximum absolute atomic E-state index is 10.9. The van der Waals surface area contributed by atoms with Crippen LogP contribution in [0.15, 0.2) is 12.1 Å². The molecule has 1 aliphatic heterocycles. The number of aldehydes is 1. The number of carbonyl (C=O) groups is 1. The standard InChI is InChI=1S/C15H22N2O2/c1-12-6-7-15(14(11-18)16-12)19-10-8-13-5-3-4-9-17(13)2/h6-7,11,13H,3-5,8-10H2,1-2H3. The molecule has 1 aromatic rings. The third-order valence-corrected chi connectivity index (χ3v) is 3.77. The highest BCUT2D eigenvalue weighted by atomic mass is 16.5. The Morgan fingerprint density at radius 1 is 1.47 bits per heavy atom. The molecule has 0 saturated carbocycles. The summed E-state index contributed by atoms with van der Waals surface area (Å²) in [6, 6.07) is 4.30. The number of aryl methyl sites for hydroxylation is 1. The summed E-state index contributed by atoms with van der Waals surface area (Å²) < 4.78 is 5.71. The van der Waals surface area contributed by atoms with E-state index in [1.165, 1.54) is 25.8 Å². The van der Waals surface area contributed by atoms with Crippen molar-refractivity contribution in [3.8, 4) is 5.75 Å². The Labute approximate surface area is 114 Å². The number of aromatic nitrogens is 1. The monoisotopic (exact) mass is 262 g/mol. The number of nitrogens with zero attached hydrogens (tertiary/aromatic N) is 2. The van der Waals surface area contributed by atoms with E-state index in [-0.39, 0.29) is 0 Å². The van der Waals surface area contributed by atoms with Crippen LogP contribution in [0.3, 0.4) is 0 Å². The van der Waals surface area contributed by atoms with Crippen molar-refractivity contribution in [1.29, 1.82) is 0 Å². The minimum atomic E-state index is 0.400. The Morgan fingerprint density at radius 3 is 3.05 bits per heavy atom. The van der Waals surface area contributed by atoms with Crippen molar-refractivity contribution < 1.29 is 9.53 Å². The quantitative estimate of drug-likeness (QED) is 0.764. The molecule has 2 rings (SSSR count). The van der Waals surface area contributed by atoms with Gasteiger partial charge in [0.2, 0.25) is 0 Å². The van der Waals surface area contributed by atoms with Gasteiger partial charge in [-0.2, -0.15) is 0 Å². The fourth-order valence-electron chi connectivity index (χ4n) is 2.58. The van der Waals surface area contributed by atoms with Crippen LogP contribution >= 0.6 is 0 Å². The first-order chi connectivity index (χ1) is 9.20. The second-order valence-electron chi connectivity index (χ2n) is 5.22. The molecule has 0 bridgehead atoms. The highest BCUT2D eigenvalue weighted by Crippen LogP contribution is 2.19. The van der Waals surface area contributed by atoms with Gasteiger partial charge in [-0.05, 0) is 51.9 Å². The highest BCUT2D eigenvalue weighted by Gasteiger charge is 2.18. The Bertz CT molecular complexity index is 434. The normalized spacial score (nSPS) is 20.2. The van der Waals surface area contributed by atoms with E-state index in [9.17, 15) is 4.79 Å². The summed E-state index contributed by atoms with van der Waals surface area (Å²) in [6.07, 6.45) is 5.61. The average Bonchev–Trinajstić information content (AvgIpc) is 2.42. The molecule has 0 N–H and O–H groups in total. The van der Waals surface area contributed by atoms with E-state index in [0.29, 0.717) is 24.1 Å². The van der Waals surface area contributed by atoms with Crippen molar-refractivity contribution in [2.24, 2.45) is 0 Å². The van der Waals surface area contributed by atoms with Gasteiger partial charge >= 0.3 is 0 Å². The van der Waals surface area contributed by atoms with Crippen LogP contribution in [0.1, 0.15) is 41.9 Å². The number of hydrogen-bond donors (Lipinski definition) is 0. The Balaban J connectivity index is 1.86. The van der Waals surface area contributed by atoms with Crippen LogP contribution in [0.2, 0.25) is 0 Å². The molecule has 0 aliphatic carbocycles. The molecule has 104 valence electrons. The van der Waals surface area contributed by atoms with E-state index >= 15 is 0 Å². The predicted octanol–water partition coefficient (Wildman–Crippen LogP) is 2.46. The molecule has 19 heavy (non-hydrogen) atoms. The summed E-state index contributed by atoms with van der Waals surface area (Å²) >= 11 is 0. The molecule has 1 fully saturated rings. The molecular formula is C15H22N2O2. The molecule has 1 atom stereocenters. The van der Waals surface area contributed by atoms with Crippen molar-refractivity contribution in [2.75, 3.05) is 20.2 Å². The maximum atomic E-state index is 10.9. The Morgan fingerprint density at radius 2 is 2.32 bits per heavy atom. The first kappa shape index (κ1) is 14.0. The molecule has 1 unspecified atom stereocenters. The molecule has 1 aromatic heterocycles. The van der Waals surface area contributed by atoms with Gasteiger partial charge in [0.1, 0.15) is 11.4 Å². The predicted molar refractivity (Wildman–Crippen MR) is 74.7 cm³/mol. The van der Waals surface area contributed by atoms with Gasteiger partial charge in [-0.3, -0.25) is 4.79 Å². The fraction of sp³-hybridized carbons (Fsp3) is 0.600. The van der Waals surface area contributed by atoms with Gasteiger partial charge in [-0.25, -0.2) is 4.98 Å². The third kappa shape index (κ3) is 3.77. The first-order valence-electron chi connectivity index (χ1n) is 6.96. The van der Waals surface area contributed by atoms with Crippen LogP contribution in [0.25, 0.3) is 0 Å². The summed E-state index contributed by atoms with van der Waals surface area (Å²) in [5, 5.41) is 0. The SMILES string of the molecule is Cc1ccc(OCCC2CCCCN2C)c(C=O)n1. The fourth-order valence-corrected chi connectivity index (χ4v) is 2.58. The minimum absolute atomic E-state index is 0.400. The van der Waals surface area contributed by atoms with Gasteiger partial charge in [0, 0.05) is 11.7 Å². The molecule has 1 saturated heterocycles. The summed E-state index contributed by atoms with van der Waals surface area (Å²) in [5.41, 5.74) is 1.23. The van der Waals surface area contributed by atoms with Crippen molar-refractivity contribution >= 4 is 6.29 Å². The molecule has 0 radical (unpaired) electrons. The van der Waals surface area contributed by atoms with Gasteiger partial charge in [-0.1, -0.05) is 6.42 Å². The molecule has 4 heteroatoms. The third-order valence-electron chi connectivity index (χ3n) is 3.77. The number of pyridine rings is 1. The summed E-state index contributed by atoms with van der Waals surface area (Å²) in [6.45, 7) is 3.69. The number of hydrogen-bond acceptors (Lipinski definition) is 4. The number of rotatable bonds is 5. The van der Waals surface area contributed by atoms with E-state index in [0.717, 1.165) is 18.4 Å². The maximum Gasteiger partial charge on any atom is 0.172 e. The highest BCUT2D eigenvalue weighted by molar-refractivity contribution is 5.76. The zero-order valence-corrected chi connectivity index (χ0v) is 11.8. The number of carbonyl (C=O) groups excluding carboxylic acids is 1. The zero-order chi connectivity index (χ0) is 13.7. The lowest BCUT2D eigenvalue weighted by molar-refractivity contribution is 0.111. The van der Waals surface area contributed by atoms with E-state index in [2.05, 4.69) is 16.9 Å². The van der Waals surface area contributed by atoms with Crippen LogP contribution < -0.4 is 4.74 Å². The van der Waals surface area contributed by atoms with Crippen LogP contribution in [0, 0.1) is 6.92 Å². The van der Waals surface area contributed by atoms with Gasteiger partial charge in [0.05, 0.1) is 6.61 Å². The van der Waals surface area contributed by atoms with Crippen molar-refractivity contribution in [1.82, 2.24) is 9.88 Å². The van der Waals surface area contributed by atoms with Gasteiger partial charge in [0.15, 0.2) is 6.29 Å². The van der Waals surface area contributed by atoms with Crippen molar-refractivity contribution in [2.45, 2.75) is 38.6 Å². The van der Waals surface area contributed by atoms with E-state index in [1.54, 1.807) is 0 Å². The number of ether oxygens (including phenoxy) is 1. The smallest absolute Gasteiger partial charge is 0.172 e. The molecule has 4 nitrogen and oxygen atoms in total. The minimum Gasteiger partial charge on any atom is -0.491 e. The lowest BCUT2D eigenvalue weighted by Crippen LogP contribution is -2.37. The molecule has 2 heterocycles. The second kappa shape index (κ2) is 6.66. The topological polar surface area (TPSA) is 42.4 Å². The van der Waals surface area contributed by atoms with Crippen LogP contribution in [0.4, 0.5) is 0 Å². The van der Waals surface area contributed by atoms with E-state index < -0.39 is 0 Å². The van der Waals surface area contributed by atoms with Gasteiger partial charge in [0.25, 0.3) is 0 Å². The first-order valence-corrected chi connectivity index (χ1v) is 6.96. The van der Waals surface area contributed by atoms with Crippen LogP contribution in [-0.2, 0) is 0 Å².